The number of likely N-dealkylation sites (N-methyl/N-ethyl adjacent to an activating group) is 1. The van der Waals surface area contributed by atoms with Gasteiger partial charge in [0.25, 0.3) is 0 Å². The van der Waals surface area contributed by atoms with Crippen molar-refractivity contribution in [1.29, 1.82) is 0 Å². The van der Waals surface area contributed by atoms with Crippen molar-refractivity contribution in [3.05, 3.63) is 0 Å². The molecule has 0 aromatic rings. The molecule has 0 fully saturated rings. The van der Waals surface area contributed by atoms with Crippen molar-refractivity contribution in [2.75, 3.05) is 53.8 Å². The fourth-order valence-electron chi connectivity index (χ4n) is 0.815. The van der Waals surface area contributed by atoms with E-state index in [1.807, 2.05) is 0 Å². The lowest BCUT2D eigenvalue weighted by Gasteiger charge is -2.13. The van der Waals surface area contributed by atoms with Crippen molar-refractivity contribution < 1.29 is 19.3 Å². The second-order valence-electron chi connectivity index (χ2n) is 2.85. The van der Waals surface area contributed by atoms with Crippen LogP contribution in [0.2, 0.25) is 0 Å². The number of aliphatic hydroxyl groups excluding tert-OH is 1. The Morgan fingerprint density at radius 2 is 1.79 bits per heavy atom. The average molecular weight is 207 g/mol. The Morgan fingerprint density at radius 3 is 2.36 bits per heavy atom. The molecule has 14 heavy (non-hydrogen) atoms. The van der Waals surface area contributed by atoms with Gasteiger partial charge in [0.05, 0.1) is 45.7 Å². The third-order valence-corrected chi connectivity index (χ3v) is 1.75. The summed E-state index contributed by atoms with van der Waals surface area (Å²) in [7, 11) is 3.43. The van der Waals surface area contributed by atoms with Crippen LogP contribution in [0.25, 0.3) is 0 Å². The third kappa shape index (κ3) is 8.40. The van der Waals surface area contributed by atoms with Crippen LogP contribution in [0.5, 0.6) is 0 Å². The molecule has 0 heterocycles. The van der Waals surface area contributed by atoms with E-state index in [4.69, 9.17) is 19.3 Å². The zero-order valence-corrected chi connectivity index (χ0v) is 8.99. The minimum atomic E-state index is 0.00831. The molecule has 0 spiro atoms. The van der Waals surface area contributed by atoms with Crippen molar-refractivity contribution in [2.24, 2.45) is 0 Å². The number of hydrogen-bond acceptors (Lipinski definition) is 5. The largest absolute Gasteiger partial charge is 0.395 e. The summed E-state index contributed by atoms with van der Waals surface area (Å²) in [5.41, 5.74) is 0. The van der Waals surface area contributed by atoms with Crippen LogP contribution in [0.1, 0.15) is 0 Å². The lowest BCUT2D eigenvalue weighted by molar-refractivity contribution is 0.0157. The first-order chi connectivity index (χ1) is 6.85. The van der Waals surface area contributed by atoms with Crippen molar-refractivity contribution >= 4 is 0 Å². The maximum atomic E-state index is 8.81. The van der Waals surface area contributed by atoms with Crippen molar-refractivity contribution in [3.8, 4) is 0 Å². The first kappa shape index (κ1) is 13.8. The summed E-state index contributed by atoms with van der Waals surface area (Å²) in [6.45, 7) is 2.89. The molecule has 0 radical (unpaired) electrons. The van der Waals surface area contributed by atoms with E-state index in [0.717, 1.165) is 0 Å². The molecular formula is C9H21NO4. The highest BCUT2D eigenvalue weighted by atomic mass is 16.5. The van der Waals surface area contributed by atoms with E-state index in [9.17, 15) is 0 Å². The highest BCUT2D eigenvalue weighted by Gasteiger charge is 2.02. The molecule has 0 aliphatic carbocycles. The van der Waals surface area contributed by atoms with Crippen molar-refractivity contribution in [2.45, 2.75) is 6.04 Å². The number of nitrogens with one attached hydrogen (secondary N) is 1. The molecule has 0 saturated heterocycles. The molecule has 0 aliphatic heterocycles. The van der Waals surface area contributed by atoms with E-state index >= 15 is 0 Å². The number of aliphatic hydroxyl groups is 1. The lowest BCUT2D eigenvalue weighted by atomic mass is 10.3. The van der Waals surface area contributed by atoms with Gasteiger partial charge < -0.3 is 24.6 Å². The predicted molar refractivity (Wildman–Crippen MR) is 53.4 cm³/mol. The second-order valence-corrected chi connectivity index (χ2v) is 2.85. The molecule has 0 amide bonds. The molecule has 2 N–H and O–H groups in total. The van der Waals surface area contributed by atoms with Gasteiger partial charge in [-0.2, -0.15) is 0 Å². The topological polar surface area (TPSA) is 60.0 Å². The molecule has 5 nitrogen and oxygen atoms in total. The second kappa shape index (κ2) is 10.9. The monoisotopic (exact) mass is 207 g/mol. The number of hydrogen-bond donors (Lipinski definition) is 2. The quantitative estimate of drug-likeness (QED) is 0.461. The third-order valence-electron chi connectivity index (χ3n) is 1.75. The lowest BCUT2D eigenvalue weighted by Crippen LogP contribution is -2.34. The van der Waals surface area contributed by atoms with Crippen LogP contribution < -0.4 is 5.32 Å². The summed E-state index contributed by atoms with van der Waals surface area (Å²) < 4.78 is 15.3. The van der Waals surface area contributed by atoms with Crippen molar-refractivity contribution in [3.63, 3.8) is 0 Å². The molecule has 0 bridgehead atoms. The summed E-state index contributed by atoms with van der Waals surface area (Å²) in [4.78, 5) is 0. The number of rotatable bonds is 10. The molecule has 1 unspecified atom stereocenters. The fourth-order valence-corrected chi connectivity index (χ4v) is 0.815. The van der Waals surface area contributed by atoms with Crippen LogP contribution in [-0.2, 0) is 14.2 Å². The van der Waals surface area contributed by atoms with Gasteiger partial charge in [-0.25, -0.2) is 0 Å². The van der Waals surface area contributed by atoms with E-state index < -0.39 is 0 Å². The summed E-state index contributed by atoms with van der Waals surface area (Å²) in [6, 6.07) is 0.00831. The molecule has 1 atom stereocenters. The Hall–Kier alpha value is -0.200. The van der Waals surface area contributed by atoms with Crippen LogP contribution in [0.3, 0.4) is 0 Å². The first-order valence-corrected chi connectivity index (χ1v) is 4.77. The van der Waals surface area contributed by atoms with Gasteiger partial charge in [0.15, 0.2) is 0 Å². The van der Waals surface area contributed by atoms with E-state index in [2.05, 4.69) is 5.32 Å². The smallest absolute Gasteiger partial charge is 0.0701 e. The maximum absolute atomic E-state index is 8.81. The Kier molecular flexibility index (Phi) is 10.7. The fraction of sp³-hybridized carbons (Fsp3) is 1.00. The van der Waals surface area contributed by atoms with Crippen LogP contribution in [0.15, 0.2) is 0 Å². The summed E-state index contributed by atoms with van der Waals surface area (Å²) in [5, 5.41) is 11.7. The molecule has 0 aliphatic rings. The van der Waals surface area contributed by atoms with E-state index in [-0.39, 0.29) is 12.6 Å². The van der Waals surface area contributed by atoms with E-state index in [1.54, 1.807) is 14.2 Å². The van der Waals surface area contributed by atoms with Gasteiger partial charge in [-0.15, -0.1) is 0 Å². The predicted octanol–water partition coefficient (Wildman–Crippen LogP) is -0.754. The Bertz CT molecular complexity index is 109. The minimum Gasteiger partial charge on any atom is -0.395 e. The number of ether oxygens (including phenoxy) is 3. The van der Waals surface area contributed by atoms with Gasteiger partial charge in [-0.05, 0) is 7.05 Å². The molecular weight excluding hydrogens is 186 g/mol. The zero-order chi connectivity index (χ0) is 10.6. The molecule has 0 saturated carbocycles. The molecule has 0 aromatic carbocycles. The highest BCUT2D eigenvalue weighted by Crippen LogP contribution is 1.84. The molecule has 0 rings (SSSR count). The van der Waals surface area contributed by atoms with Gasteiger partial charge in [-0.3, -0.25) is 0 Å². The van der Waals surface area contributed by atoms with Crippen LogP contribution in [-0.4, -0.2) is 64.9 Å². The van der Waals surface area contributed by atoms with Crippen molar-refractivity contribution in [1.82, 2.24) is 5.32 Å². The van der Waals surface area contributed by atoms with E-state index in [1.165, 1.54) is 0 Å². The van der Waals surface area contributed by atoms with Gasteiger partial charge >= 0.3 is 0 Å². The SMILES string of the molecule is CNC(CO)COCCOCCOC. The van der Waals surface area contributed by atoms with Crippen LogP contribution in [0.4, 0.5) is 0 Å². The zero-order valence-electron chi connectivity index (χ0n) is 8.99. The molecule has 86 valence electrons. The van der Waals surface area contributed by atoms with Gasteiger partial charge in [0, 0.05) is 7.11 Å². The minimum absolute atomic E-state index is 0.00831. The average Bonchev–Trinajstić information content (AvgIpc) is 2.22. The van der Waals surface area contributed by atoms with E-state index in [0.29, 0.717) is 33.0 Å². The molecule has 0 aromatic heterocycles. The Labute approximate surface area is 85.3 Å². The van der Waals surface area contributed by atoms with Gasteiger partial charge in [0.2, 0.25) is 0 Å². The first-order valence-electron chi connectivity index (χ1n) is 4.77. The van der Waals surface area contributed by atoms with Gasteiger partial charge in [0.1, 0.15) is 0 Å². The highest BCUT2D eigenvalue weighted by molar-refractivity contribution is 4.59. The summed E-state index contributed by atoms with van der Waals surface area (Å²) in [5.74, 6) is 0. The maximum Gasteiger partial charge on any atom is 0.0701 e. The van der Waals surface area contributed by atoms with Gasteiger partial charge in [-0.1, -0.05) is 0 Å². The standard InChI is InChI=1S/C9H21NO4/c1-10-9(7-11)8-14-6-5-13-4-3-12-2/h9-11H,3-8H2,1-2H3. The van der Waals surface area contributed by atoms with Crippen LogP contribution in [0, 0.1) is 0 Å². The van der Waals surface area contributed by atoms with Crippen LogP contribution >= 0.6 is 0 Å². The molecule has 5 heteroatoms. The summed E-state index contributed by atoms with van der Waals surface area (Å²) in [6.07, 6.45) is 0. The normalized spacial score (nSPS) is 13.1. The number of methoxy groups -OCH3 is 1. The Morgan fingerprint density at radius 1 is 1.14 bits per heavy atom. The Balaban J connectivity index is 3.04. The summed E-state index contributed by atoms with van der Waals surface area (Å²) >= 11 is 0.